The number of piperidine rings is 1. The van der Waals surface area contributed by atoms with Gasteiger partial charge in [0.2, 0.25) is 5.91 Å². The Labute approximate surface area is 130 Å². The smallest absolute Gasteiger partial charge is 0.234 e. The highest BCUT2D eigenvalue weighted by molar-refractivity contribution is 5.78. The monoisotopic (exact) mass is 295 g/mol. The molecule has 1 heterocycles. The first kappa shape index (κ1) is 16.8. The Morgan fingerprint density at radius 3 is 2.52 bits per heavy atom. The van der Waals surface area contributed by atoms with E-state index in [2.05, 4.69) is 29.4 Å². The first-order valence-electron chi connectivity index (χ1n) is 8.92. The molecule has 1 atom stereocenters. The van der Waals surface area contributed by atoms with Crippen molar-refractivity contribution in [2.45, 2.75) is 83.3 Å². The van der Waals surface area contributed by atoms with Gasteiger partial charge in [-0.05, 0) is 32.2 Å². The van der Waals surface area contributed by atoms with Gasteiger partial charge in [-0.2, -0.15) is 0 Å². The Bertz CT molecular complexity index is 313. The lowest BCUT2D eigenvalue weighted by Gasteiger charge is -2.36. The Kier molecular flexibility index (Phi) is 6.97. The van der Waals surface area contributed by atoms with Gasteiger partial charge < -0.3 is 10.6 Å². The predicted octanol–water partition coefficient (Wildman–Crippen LogP) is 2.29. The van der Waals surface area contributed by atoms with Crippen LogP contribution in [0, 0.1) is 0 Å². The molecule has 2 fully saturated rings. The van der Waals surface area contributed by atoms with E-state index in [0.29, 0.717) is 24.7 Å². The molecule has 4 nitrogen and oxygen atoms in total. The van der Waals surface area contributed by atoms with E-state index in [0.717, 1.165) is 13.1 Å². The van der Waals surface area contributed by atoms with E-state index in [1.54, 1.807) is 0 Å². The van der Waals surface area contributed by atoms with Crippen molar-refractivity contribution in [1.29, 1.82) is 0 Å². The van der Waals surface area contributed by atoms with Crippen LogP contribution in [0.15, 0.2) is 0 Å². The first-order valence-corrected chi connectivity index (χ1v) is 8.92. The largest absolute Gasteiger partial charge is 0.352 e. The Morgan fingerprint density at radius 2 is 1.81 bits per heavy atom. The van der Waals surface area contributed by atoms with E-state index in [-0.39, 0.29) is 5.91 Å². The van der Waals surface area contributed by atoms with Crippen LogP contribution >= 0.6 is 0 Å². The van der Waals surface area contributed by atoms with E-state index in [1.165, 1.54) is 51.4 Å². The molecule has 0 radical (unpaired) electrons. The summed E-state index contributed by atoms with van der Waals surface area (Å²) < 4.78 is 0. The molecule has 1 unspecified atom stereocenters. The average Bonchev–Trinajstić information content (AvgIpc) is 2.47. The van der Waals surface area contributed by atoms with Gasteiger partial charge in [0, 0.05) is 24.7 Å². The standard InChI is InChI=1S/C17H33N3O/c1-14(2)18-12-16-10-6-7-11-20(16)13-17(21)19-15-8-4-3-5-9-15/h14-16,18H,3-13H2,1-2H3,(H,19,21). The van der Waals surface area contributed by atoms with Gasteiger partial charge in [-0.1, -0.05) is 39.5 Å². The quantitative estimate of drug-likeness (QED) is 0.790. The van der Waals surface area contributed by atoms with Crippen molar-refractivity contribution < 1.29 is 4.79 Å². The molecule has 0 aromatic rings. The second-order valence-corrected chi connectivity index (χ2v) is 7.09. The molecule has 1 amide bonds. The maximum absolute atomic E-state index is 12.3. The average molecular weight is 295 g/mol. The molecule has 0 spiro atoms. The van der Waals surface area contributed by atoms with Crippen LogP contribution in [0.1, 0.15) is 65.2 Å². The minimum atomic E-state index is 0.235. The van der Waals surface area contributed by atoms with Crippen LogP contribution in [0.25, 0.3) is 0 Å². The molecule has 1 aliphatic carbocycles. The van der Waals surface area contributed by atoms with Gasteiger partial charge in [0.05, 0.1) is 6.54 Å². The number of nitrogens with zero attached hydrogens (tertiary/aromatic N) is 1. The molecular weight excluding hydrogens is 262 g/mol. The second kappa shape index (κ2) is 8.74. The molecule has 122 valence electrons. The van der Waals surface area contributed by atoms with Gasteiger partial charge >= 0.3 is 0 Å². The van der Waals surface area contributed by atoms with Crippen molar-refractivity contribution in [3.63, 3.8) is 0 Å². The first-order chi connectivity index (χ1) is 10.1. The minimum absolute atomic E-state index is 0.235. The molecule has 1 aliphatic heterocycles. The Balaban J connectivity index is 1.76. The fraction of sp³-hybridized carbons (Fsp3) is 0.941. The summed E-state index contributed by atoms with van der Waals surface area (Å²) in [6, 6.07) is 1.48. The van der Waals surface area contributed by atoms with Gasteiger partial charge in [0.25, 0.3) is 0 Å². The predicted molar refractivity (Wildman–Crippen MR) is 87.4 cm³/mol. The van der Waals surface area contributed by atoms with Crippen molar-refractivity contribution in [1.82, 2.24) is 15.5 Å². The number of hydrogen-bond acceptors (Lipinski definition) is 3. The highest BCUT2D eigenvalue weighted by Crippen LogP contribution is 2.18. The van der Waals surface area contributed by atoms with Crippen molar-refractivity contribution in [3.8, 4) is 0 Å². The number of likely N-dealkylation sites (tertiary alicyclic amines) is 1. The second-order valence-electron chi connectivity index (χ2n) is 7.09. The zero-order chi connectivity index (χ0) is 15.1. The van der Waals surface area contributed by atoms with Gasteiger partial charge in [-0.15, -0.1) is 0 Å². The lowest BCUT2D eigenvalue weighted by atomic mass is 9.95. The summed E-state index contributed by atoms with van der Waals surface area (Å²) in [4.78, 5) is 14.7. The van der Waals surface area contributed by atoms with Crippen molar-refractivity contribution in [2.24, 2.45) is 0 Å². The van der Waals surface area contributed by atoms with Crippen LogP contribution in [0.3, 0.4) is 0 Å². The van der Waals surface area contributed by atoms with Crippen LogP contribution in [-0.4, -0.2) is 48.6 Å². The van der Waals surface area contributed by atoms with E-state index < -0.39 is 0 Å². The maximum Gasteiger partial charge on any atom is 0.234 e. The summed E-state index contributed by atoms with van der Waals surface area (Å²) in [5.74, 6) is 0.235. The van der Waals surface area contributed by atoms with Crippen LogP contribution < -0.4 is 10.6 Å². The topological polar surface area (TPSA) is 44.4 Å². The summed E-state index contributed by atoms with van der Waals surface area (Å²) >= 11 is 0. The normalized spacial score (nSPS) is 25.2. The summed E-state index contributed by atoms with van der Waals surface area (Å²) in [5, 5.41) is 6.78. The Hall–Kier alpha value is -0.610. The molecule has 21 heavy (non-hydrogen) atoms. The third-order valence-corrected chi connectivity index (χ3v) is 4.83. The van der Waals surface area contributed by atoms with Gasteiger partial charge in [-0.25, -0.2) is 0 Å². The van der Waals surface area contributed by atoms with Crippen LogP contribution in [-0.2, 0) is 4.79 Å². The lowest BCUT2D eigenvalue weighted by Crippen LogP contribution is -2.51. The SMILES string of the molecule is CC(C)NCC1CCCCN1CC(=O)NC1CCCCC1. The number of carbonyl (C=O) groups excluding carboxylic acids is 1. The molecule has 4 heteroatoms. The van der Waals surface area contributed by atoms with Gasteiger partial charge in [0.15, 0.2) is 0 Å². The van der Waals surface area contributed by atoms with E-state index in [1.807, 2.05) is 0 Å². The van der Waals surface area contributed by atoms with Crippen LogP contribution in [0.4, 0.5) is 0 Å². The van der Waals surface area contributed by atoms with Crippen molar-refractivity contribution >= 4 is 5.91 Å². The van der Waals surface area contributed by atoms with Crippen molar-refractivity contribution in [2.75, 3.05) is 19.6 Å². The van der Waals surface area contributed by atoms with E-state index >= 15 is 0 Å². The highest BCUT2D eigenvalue weighted by Gasteiger charge is 2.25. The molecule has 2 rings (SSSR count). The highest BCUT2D eigenvalue weighted by atomic mass is 16.2. The summed E-state index contributed by atoms with van der Waals surface area (Å²) in [6.07, 6.45) is 9.97. The molecule has 0 aromatic carbocycles. The molecule has 2 N–H and O–H groups in total. The summed E-state index contributed by atoms with van der Waals surface area (Å²) in [6.45, 7) is 7.03. The molecule has 2 aliphatic rings. The summed E-state index contributed by atoms with van der Waals surface area (Å²) in [5.41, 5.74) is 0. The number of amides is 1. The molecule has 0 bridgehead atoms. The third-order valence-electron chi connectivity index (χ3n) is 4.83. The summed E-state index contributed by atoms with van der Waals surface area (Å²) in [7, 11) is 0. The van der Waals surface area contributed by atoms with Crippen LogP contribution in [0.5, 0.6) is 0 Å². The van der Waals surface area contributed by atoms with Gasteiger partial charge in [0.1, 0.15) is 0 Å². The number of nitrogens with one attached hydrogen (secondary N) is 2. The molecular formula is C17H33N3O. The number of carbonyl (C=O) groups is 1. The lowest BCUT2D eigenvalue weighted by molar-refractivity contribution is -0.124. The fourth-order valence-electron chi connectivity index (χ4n) is 3.58. The molecule has 0 aromatic heterocycles. The van der Waals surface area contributed by atoms with Crippen LogP contribution in [0.2, 0.25) is 0 Å². The van der Waals surface area contributed by atoms with Gasteiger partial charge in [-0.3, -0.25) is 9.69 Å². The minimum Gasteiger partial charge on any atom is -0.352 e. The Morgan fingerprint density at radius 1 is 1.10 bits per heavy atom. The number of hydrogen-bond donors (Lipinski definition) is 2. The zero-order valence-electron chi connectivity index (χ0n) is 13.9. The van der Waals surface area contributed by atoms with Crippen molar-refractivity contribution in [3.05, 3.63) is 0 Å². The molecule has 1 saturated heterocycles. The molecule has 1 saturated carbocycles. The van der Waals surface area contributed by atoms with E-state index in [9.17, 15) is 4.79 Å². The third kappa shape index (κ3) is 5.95. The zero-order valence-corrected chi connectivity index (χ0v) is 13.9. The maximum atomic E-state index is 12.3. The fourth-order valence-corrected chi connectivity index (χ4v) is 3.58. The number of rotatable bonds is 6. The van der Waals surface area contributed by atoms with E-state index in [4.69, 9.17) is 0 Å².